The predicted octanol–water partition coefficient (Wildman–Crippen LogP) is 4.18. The van der Waals surface area contributed by atoms with E-state index in [0.717, 1.165) is 9.87 Å². The highest BCUT2D eigenvalue weighted by Crippen LogP contribution is 2.39. The van der Waals surface area contributed by atoms with Crippen LogP contribution in [0, 0.1) is 0 Å². The molecule has 0 aliphatic rings. The van der Waals surface area contributed by atoms with Crippen LogP contribution in [0.4, 0.5) is 5.82 Å². The van der Waals surface area contributed by atoms with Gasteiger partial charge < -0.3 is 9.47 Å². The summed E-state index contributed by atoms with van der Waals surface area (Å²) >= 11 is 6.45. The number of methoxy groups -OCH3 is 1. The summed E-state index contributed by atoms with van der Waals surface area (Å²) in [4.78, 5) is 16.8. The number of para-hydroxylation sites is 2. The Kier molecular flexibility index (Phi) is 7.39. The molecule has 0 unspecified atom stereocenters. The van der Waals surface area contributed by atoms with Crippen LogP contribution in [0.25, 0.3) is 11.6 Å². The number of anilines is 1. The van der Waals surface area contributed by atoms with Crippen molar-refractivity contribution in [3.63, 3.8) is 0 Å². The normalized spacial score (nSPS) is 11.3. The lowest BCUT2D eigenvalue weighted by Crippen LogP contribution is -2.32. The quantitative estimate of drug-likeness (QED) is 0.332. The third kappa shape index (κ3) is 5.83. The Labute approximate surface area is 207 Å². The van der Waals surface area contributed by atoms with Crippen molar-refractivity contribution >= 4 is 27.6 Å². The minimum absolute atomic E-state index is 0.0198. The maximum atomic E-state index is 13.2. The zero-order chi connectivity index (χ0) is 24.8. The zero-order valence-corrected chi connectivity index (χ0v) is 20.4. The summed E-state index contributed by atoms with van der Waals surface area (Å²) in [6, 6.07) is 17.6. The van der Waals surface area contributed by atoms with Crippen LogP contribution in [0.3, 0.4) is 0 Å². The Morgan fingerprint density at radius 2 is 1.57 bits per heavy atom. The molecule has 0 aliphatic heterocycles. The number of nitrogens with zero attached hydrogens (tertiary/aromatic N) is 5. The topological polar surface area (TPSA) is 119 Å². The molecule has 10 nitrogen and oxygen atoms in total. The first-order chi connectivity index (χ1) is 16.9. The lowest BCUT2D eigenvalue weighted by Gasteiger charge is -2.20. The van der Waals surface area contributed by atoms with E-state index in [2.05, 4.69) is 24.7 Å². The van der Waals surface area contributed by atoms with Crippen molar-refractivity contribution < 1.29 is 17.9 Å². The molecular formula is C23H21ClN6O4S. The number of halogens is 1. The second-order valence-corrected chi connectivity index (χ2v) is 9.33. The molecule has 2 aromatic heterocycles. The van der Waals surface area contributed by atoms with Crippen molar-refractivity contribution in [2.24, 2.45) is 0 Å². The molecular weight excluding hydrogens is 492 g/mol. The minimum Gasteiger partial charge on any atom is -0.493 e. The molecule has 4 aromatic rings. The van der Waals surface area contributed by atoms with E-state index >= 15 is 0 Å². The summed E-state index contributed by atoms with van der Waals surface area (Å²) in [5.41, 5.74) is 0.810. The van der Waals surface area contributed by atoms with Gasteiger partial charge >= 0.3 is 10.2 Å². The molecule has 12 heteroatoms. The SMILES string of the molecule is COc1ccccc1Oc1c(Cl)nc(-c2ncccn2)nc1NS(=O)(=O)N(C)Cc1ccccc1. The van der Waals surface area contributed by atoms with E-state index in [4.69, 9.17) is 21.1 Å². The van der Waals surface area contributed by atoms with Gasteiger partial charge in [0, 0.05) is 26.0 Å². The molecule has 1 N–H and O–H groups in total. The minimum atomic E-state index is -4.08. The van der Waals surface area contributed by atoms with Gasteiger partial charge in [0.05, 0.1) is 7.11 Å². The van der Waals surface area contributed by atoms with Gasteiger partial charge in [-0.3, -0.25) is 4.72 Å². The van der Waals surface area contributed by atoms with Crippen LogP contribution in [0.15, 0.2) is 73.1 Å². The summed E-state index contributed by atoms with van der Waals surface area (Å²) in [5.74, 6) is 0.602. The molecule has 0 aliphatic carbocycles. The van der Waals surface area contributed by atoms with Crippen molar-refractivity contribution in [1.29, 1.82) is 0 Å². The van der Waals surface area contributed by atoms with Crippen molar-refractivity contribution in [3.05, 3.63) is 83.8 Å². The summed E-state index contributed by atoms with van der Waals surface area (Å²) in [7, 11) is -1.15. The highest BCUT2D eigenvalue weighted by atomic mass is 35.5. The van der Waals surface area contributed by atoms with Crippen molar-refractivity contribution in [2.45, 2.75) is 6.54 Å². The fourth-order valence-corrected chi connectivity index (χ4v) is 4.10. The number of hydrogen-bond donors (Lipinski definition) is 1. The van der Waals surface area contributed by atoms with E-state index in [-0.39, 0.29) is 34.9 Å². The fourth-order valence-electron chi connectivity index (χ4n) is 3.04. The van der Waals surface area contributed by atoms with Crippen LogP contribution in [0.2, 0.25) is 5.15 Å². The van der Waals surface area contributed by atoms with Gasteiger partial charge in [-0.2, -0.15) is 12.7 Å². The Balaban J connectivity index is 1.74. The van der Waals surface area contributed by atoms with E-state index < -0.39 is 10.2 Å². The lowest BCUT2D eigenvalue weighted by atomic mass is 10.2. The molecule has 0 bridgehead atoms. The molecule has 180 valence electrons. The van der Waals surface area contributed by atoms with Gasteiger partial charge in [0.1, 0.15) is 0 Å². The standard InChI is InChI=1S/C23H21ClN6O4S/c1-30(15-16-9-4-3-5-10-16)35(31,32)29-21-19(34-18-12-7-6-11-17(18)33-2)20(24)27-23(28-21)22-25-13-8-14-26-22/h3-14H,15H2,1-2H3,(H,27,28,29). The highest BCUT2D eigenvalue weighted by Gasteiger charge is 2.25. The van der Waals surface area contributed by atoms with E-state index in [1.54, 1.807) is 30.3 Å². The Hall–Kier alpha value is -3.80. The number of benzene rings is 2. The van der Waals surface area contributed by atoms with E-state index in [1.807, 2.05) is 30.3 Å². The van der Waals surface area contributed by atoms with Gasteiger partial charge in [0.15, 0.2) is 28.3 Å². The molecule has 0 saturated carbocycles. The number of hydrogen-bond acceptors (Lipinski definition) is 8. The number of aromatic nitrogens is 4. The van der Waals surface area contributed by atoms with E-state index in [0.29, 0.717) is 11.5 Å². The second kappa shape index (κ2) is 10.6. The van der Waals surface area contributed by atoms with Gasteiger partial charge in [-0.05, 0) is 23.8 Å². The Morgan fingerprint density at radius 1 is 0.914 bits per heavy atom. The Bertz CT molecular complexity index is 1410. The number of rotatable bonds is 9. The van der Waals surface area contributed by atoms with Gasteiger partial charge in [0.2, 0.25) is 11.6 Å². The van der Waals surface area contributed by atoms with E-state index in [9.17, 15) is 8.42 Å². The summed E-state index contributed by atoms with van der Waals surface area (Å²) < 4.78 is 41.2. The maximum absolute atomic E-state index is 13.2. The summed E-state index contributed by atoms with van der Waals surface area (Å²) in [5, 5.41) is -0.142. The third-order valence-corrected chi connectivity index (χ3v) is 6.41. The van der Waals surface area contributed by atoms with Gasteiger partial charge in [0.25, 0.3) is 0 Å². The monoisotopic (exact) mass is 512 g/mol. The van der Waals surface area contributed by atoms with Crippen LogP contribution in [0.5, 0.6) is 17.2 Å². The smallest absolute Gasteiger partial charge is 0.302 e. The molecule has 2 aromatic carbocycles. The Morgan fingerprint density at radius 3 is 2.26 bits per heavy atom. The molecule has 2 heterocycles. The molecule has 0 radical (unpaired) electrons. The summed E-state index contributed by atoms with van der Waals surface area (Å²) in [6.07, 6.45) is 3.02. The first-order valence-electron chi connectivity index (χ1n) is 10.3. The van der Waals surface area contributed by atoms with Gasteiger partial charge in [-0.1, -0.05) is 54.1 Å². The van der Waals surface area contributed by atoms with Crippen molar-refractivity contribution in [1.82, 2.24) is 24.2 Å². The van der Waals surface area contributed by atoms with Gasteiger partial charge in [-0.15, -0.1) is 0 Å². The van der Waals surface area contributed by atoms with E-state index in [1.165, 1.54) is 26.6 Å². The highest BCUT2D eigenvalue weighted by molar-refractivity contribution is 7.90. The third-order valence-electron chi connectivity index (χ3n) is 4.76. The average molecular weight is 513 g/mol. The number of ether oxygens (including phenoxy) is 2. The van der Waals surface area contributed by atoms with Crippen LogP contribution < -0.4 is 14.2 Å². The average Bonchev–Trinajstić information content (AvgIpc) is 2.87. The fraction of sp³-hybridized carbons (Fsp3) is 0.130. The van der Waals surface area contributed by atoms with Crippen LogP contribution in [-0.2, 0) is 16.8 Å². The first-order valence-corrected chi connectivity index (χ1v) is 12.1. The van der Waals surface area contributed by atoms with Crippen LogP contribution in [-0.4, -0.2) is 46.8 Å². The molecule has 4 rings (SSSR count). The molecule has 0 amide bonds. The molecule has 0 atom stereocenters. The number of nitrogens with one attached hydrogen (secondary N) is 1. The zero-order valence-electron chi connectivity index (χ0n) is 18.8. The molecule has 0 fully saturated rings. The first kappa shape index (κ1) is 24.3. The second-order valence-electron chi connectivity index (χ2n) is 7.19. The summed E-state index contributed by atoms with van der Waals surface area (Å²) in [6.45, 7) is 0.131. The lowest BCUT2D eigenvalue weighted by molar-refractivity contribution is 0.378. The molecule has 35 heavy (non-hydrogen) atoms. The van der Waals surface area contributed by atoms with Crippen LogP contribution in [0.1, 0.15) is 5.56 Å². The molecule has 0 spiro atoms. The van der Waals surface area contributed by atoms with Gasteiger partial charge in [-0.25, -0.2) is 19.9 Å². The van der Waals surface area contributed by atoms with Crippen molar-refractivity contribution in [3.8, 4) is 28.9 Å². The predicted molar refractivity (Wildman–Crippen MR) is 132 cm³/mol. The molecule has 0 saturated heterocycles. The largest absolute Gasteiger partial charge is 0.493 e. The maximum Gasteiger partial charge on any atom is 0.302 e. The van der Waals surface area contributed by atoms with Crippen molar-refractivity contribution in [2.75, 3.05) is 18.9 Å². The van der Waals surface area contributed by atoms with Crippen LogP contribution >= 0.6 is 11.6 Å².